The van der Waals surface area contributed by atoms with Crippen molar-refractivity contribution in [1.29, 1.82) is 0 Å². The Morgan fingerprint density at radius 2 is 1.64 bits per heavy atom. The first kappa shape index (κ1) is 18.2. The molecule has 122 valence electrons. The van der Waals surface area contributed by atoms with Crippen LogP contribution < -0.4 is 16.0 Å². The van der Waals surface area contributed by atoms with Crippen molar-refractivity contribution in [2.45, 2.75) is 46.2 Å². The molecule has 1 aromatic rings. The number of benzene rings is 1. The normalized spacial score (nSPS) is 13.5. The van der Waals surface area contributed by atoms with Gasteiger partial charge in [0.15, 0.2) is 0 Å². The van der Waals surface area contributed by atoms with Gasteiger partial charge in [0.2, 0.25) is 11.8 Å². The number of carbonyl (C=O) groups is 2. The zero-order valence-corrected chi connectivity index (χ0v) is 14.1. The molecule has 0 fully saturated rings. The Kier molecular flexibility index (Phi) is 7.05. The van der Waals surface area contributed by atoms with Gasteiger partial charge in [-0.2, -0.15) is 0 Å². The van der Waals surface area contributed by atoms with Gasteiger partial charge in [-0.15, -0.1) is 0 Å². The van der Waals surface area contributed by atoms with Crippen LogP contribution in [0.1, 0.15) is 33.3 Å². The van der Waals surface area contributed by atoms with Crippen molar-refractivity contribution in [3.63, 3.8) is 0 Å². The van der Waals surface area contributed by atoms with Gasteiger partial charge in [0.1, 0.15) is 6.04 Å². The average Bonchev–Trinajstić information content (AvgIpc) is 2.48. The number of hydrogen-bond donors (Lipinski definition) is 3. The summed E-state index contributed by atoms with van der Waals surface area (Å²) in [4.78, 5) is 24.2. The van der Waals surface area contributed by atoms with Crippen LogP contribution >= 0.6 is 0 Å². The fraction of sp³-hybridized carbons (Fsp3) is 0.529. The van der Waals surface area contributed by atoms with Gasteiger partial charge in [-0.25, -0.2) is 0 Å². The Bertz CT molecular complexity index is 497. The first-order valence-corrected chi connectivity index (χ1v) is 7.76. The molecule has 5 nitrogen and oxygen atoms in total. The second-order valence-electron chi connectivity index (χ2n) is 5.78. The molecular weight excluding hydrogens is 278 g/mol. The zero-order valence-electron chi connectivity index (χ0n) is 14.1. The maximum atomic E-state index is 12.1. The van der Waals surface area contributed by atoms with Crippen LogP contribution in [0.15, 0.2) is 24.3 Å². The molecule has 0 aromatic heterocycles. The molecule has 1 unspecified atom stereocenters. The first-order chi connectivity index (χ1) is 10.4. The van der Waals surface area contributed by atoms with Gasteiger partial charge in [0.05, 0.1) is 6.04 Å². The van der Waals surface area contributed by atoms with Crippen molar-refractivity contribution < 1.29 is 9.59 Å². The lowest BCUT2D eigenvalue weighted by Crippen LogP contribution is -2.51. The van der Waals surface area contributed by atoms with E-state index in [4.69, 9.17) is 0 Å². The summed E-state index contributed by atoms with van der Waals surface area (Å²) < 4.78 is 0. The molecule has 2 atom stereocenters. The van der Waals surface area contributed by atoms with E-state index in [1.165, 1.54) is 5.56 Å². The molecular formula is C17H27N3O2. The molecule has 2 amide bonds. The van der Waals surface area contributed by atoms with Crippen LogP contribution in [-0.2, 0) is 16.0 Å². The van der Waals surface area contributed by atoms with E-state index in [9.17, 15) is 9.59 Å². The fourth-order valence-electron chi connectivity index (χ4n) is 2.21. The van der Waals surface area contributed by atoms with Crippen LogP contribution in [0.4, 0.5) is 5.69 Å². The first-order valence-electron chi connectivity index (χ1n) is 7.76. The number of nitrogens with one attached hydrogen (secondary N) is 3. The quantitative estimate of drug-likeness (QED) is 0.721. The molecule has 3 N–H and O–H groups in total. The highest BCUT2D eigenvalue weighted by Gasteiger charge is 2.23. The fourth-order valence-corrected chi connectivity index (χ4v) is 2.21. The Hall–Kier alpha value is -1.88. The zero-order chi connectivity index (χ0) is 16.7. The molecule has 1 rings (SSSR count). The largest absolute Gasteiger partial charge is 0.343 e. The summed E-state index contributed by atoms with van der Waals surface area (Å²) in [7, 11) is 1.74. The van der Waals surface area contributed by atoms with Crippen LogP contribution in [0.3, 0.4) is 0 Å². The molecule has 0 heterocycles. The van der Waals surface area contributed by atoms with Crippen LogP contribution in [0.2, 0.25) is 0 Å². The van der Waals surface area contributed by atoms with Crippen molar-refractivity contribution in [2.75, 3.05) is 12.4 Å². The summed E-state index contributed by atoms with van der Waals surface area (Å²) in [5, 5.41) is 8.52. The molecule has 0 aliphatic carbocycles. The van der Waals surface area contributed by atoms with E-state index in [0.717, 1.165) is 12.1 Å². The number of anilines is 1. The van der Waals surface area contributed by atoms with Gasteiger partial charge in [-0.1, -0.05) is 32.9 Å². The van der Waals surface area contributed by atoms with Crippen LogP contribution in [-0.4, -0.2) is 30.9 Å². The third kappa shape index (κ3) is 5.15. The second-order valence-corrected chi connectivity index (χ2v) is 5.78. The molecule has 0 saturated carbocycles. The average molecular weight is 305 g/mol. The van der Waals surface area contributed by atoms with Crippen LogP contribution in [0.25, 0.3) is 0 Å². The Morgan fingerprint density at radius 3 is 2.09 bits per heavy atom. The van der Waals surface area contributed by atoms with E-state index in [1.807, 2.05) is 38.1 Å². The number of carbonyl (C=O) groups excluding carboxylic acids is 2. The molecule has 0 aliphatic rings. The molecule has 0 aliphatic heterocycles. The Morgan fingerprint density at radius 1 is 1.05 bits per heavy atom. The van der Waals surface area contributed by atoms with Crippen molar-refractivity contribution >= 4 is 17.5 Å². The summed E-state index contributed by atoms with van der Waals surface area (Å²) in [6.45, 7) is 7.68. The standard InChI is InChI=1S/C17H27N3O2/c1-6-13-7-9-14(10-8-13)20-16(21)12(4)19-17(22)15(18-5)11(2)3/h7-12,15,18H,6H2,1-5H3,(H,19,22)(H,20,21)/t12-,15?/m0/s1. The molecule has 0 saturated heterocycles. The van der Waals surface area contributed by atoms with E-state index in [0.29, 0.717) is 0 Å². The molecule has 22 heavy (non-hydrogen) atoms. The monoisotopic (exact) mass is 305 g/mol. The predicted octanol–water partition coefficient (Wildman–Crippen LogP) is 1.94. The number of amides is 2. The highest BCUT2D eigenvalue weighted by Crippen LogP contribution is 2.10. The number of aryl methyl sites for hydroxylation is 1. The van der Waals surface area contributed by atoms with Gasteiger partial charge in [0.25, 0.3) is 0 Å². The summed E-state index contributed by atoms with van der Waals surface area (Å²) in [5.74, 6) is -0.237. The molecule has 5 heteroatoms. The Labute approximate surface area is 132 Å². The van der Waals surface area contributed by atoms with Crippen molar-refractivity contribution in [3.05, 3.63) is 29.8 Å². The number of hydrogen-bond acceptors (Lipinski definition) is 3. The van der Waals surface area contributed by atoms with E-state index >= 15 is 0 Å². The number of likely N-dealkylation sites (N-methyl/N-ethyl adjacent to an activating group) is 1. The summed E-state index contributed by atoms with van der Waals surface area (Å²) in [5.41, 5.74) is 1.95. The van der Waals surface area contributed by atoms with Gasteiger partial charge in [0, 0.05) is 5.69 Å². The third-order valence-electron chi connectivity index (χ3n) is 3.64. The minimum absolute atomic E-state index is 0.154. The minimum Gasteiger partial charge on any atom is -0.343 e. The van der Waals surface area contributed by atoms with E-state index in [1.54, 1.807) is 14.0 Å². The van der Waals surface area contributed by atoms with E-state index < -0.39 is 6.04 Å². The lowest BCUT2D eigenvalue weighted by molar-refractivity contribution is -0.128. The van der Waals surface area contributed by atoms with E-state index in [2.05, 4.69) is 22.9 Å². The van der Waals surface area contributed by atoms with Gasteiger partial charge in [-0.05, 0) is 44.0 Å². The Balaban J connectivity index is 2.59. The van der Waals surface area contributed by atoms with Crippen LogP contribution in [0, 0.1) is 5.92 Å². The third-order valence-corrected chi connectivity index (χ3v) is 3.64. The predicted molar refractivity (Wildman–Crippen MR) is 89.7 cm³/mol. The second kappa shape index (κ2) is 8.54. The van der Waals surface area contributed by atoms with Gasteiger partial charge in [-0.3, -0.25) is 9.59 Å². The lowest BCUT2D eigenvalue weighted by Gasteiger charge is -2.22. The maximum absolute atomic E-state index is 12.1. The minimum atomic E-state index is -0.590. The van der Waals surface area contributed by atoms with E-state index in [-0.39, 0.29) is 23.8 Å². The molecule has 1 aromatic carbocycles. The lowest BCUT2D eigenvalue weighted by atomic mass is 10.0. The van der Waals surface area contributed by atoms with Gasteiger partial charge < -0.3 is 16.0 Å². The summed E-state index contributed by atoms with van der Waals surface area (Å²) >= 11 is 0. The van der Waals surface area contributed by atoms with Crippen LogP contribution in [0.5, 0.6) is 0 Å². The summed E-state index contributed by atoms with van der Waals surface area (Å²) in [6, 6.07) is 6.81. The highest BCUT2D eigenvalue weighted by molar-refractivity contribution is 5.97. The SMILES string of the molecule is CCc1ccc(NC(=O)[C@H](C)NC(=O)C(NC)C(C)C)cc1. The maximum Gasteiger partial charge on any atom is 0.246 e. The smallest absolute Gasteiger partial charge is 0.246 e. The molecule has 0 spiro atoms. The highest BCUT2D eigenvalue weighted by atomic mass is 16.2. The van der Waals surface area contributed by atoms with Crippen molar-refractivity contribution in [2.24, 2.45) is 5.92 Å². The van der Waals surface area contributed by atoms with Crippen molar-refractivity contribution in [3.8, 4) is 0 Å². The van der Waals surface area contributed by atoms with Gasteiger partial charge >= 0.3 is 0 Å². The molecule has 0 bridgehead atoms. The molecule has 0 radical (unpaired) electrons. The number of rotatable bonds is 7. The topological polar surface area (TPSA) is 70.2 Å². The van der Waals surface area contributed by atoms with Crippen molar-refractivity contribution in [1.82, 2.24) is 10.6 Å². The summed E-state index contributed by atoms with van der Waals surface area (Å²) in [6.07, 6.45) is 0.960.